The number of nitrogens with zero attached hydrogens (tertiary/aromatic N) is 4. The smallest absolute Gasteiger partial charge is 0.254 e. The van der Waals surface area contributed by atoms with Crippen molar-refractivity contribution in [3.8, 4) is 27.6 Å². The SMILES string of the molecule is CCS(=O)(=O)Nc1ccc(-c2n[nH]c(Nc3ccnc(OCCCCC(=O)N[C@H](C(=O)N4C[C@H](O)C[C@H]4C(=O)NCc4ccc(-c5scnc5C)cc4)C(C)(C)C)c3)c2C(N)=O)cc1. The summed E-state index contributed by atoms with van der Waals surface area (Å²) < 4.78 is 32.2. The number of hydrogen-bond donors (Lipinski definition) is 7. The Labute approximate surface area is 375 Å². The summed E-state index contributed by atoms with van der Waals surface area (Å²) >= 11 is 1.56. The van der Waals surface area contributed by atoms with Crippen molar-refractivity contribution in [2.75, 3.05) is 28.9 Å². The summed E-state index contributed by atoms with van der Waals surface area (Å²) in [6.45, 7) is 9.44. The minimum atomic E-state index is -3.46. The van der Waals surface area contributed by atoms with Crippen LogP contribution in [0.3, 0.4) is 0 Å². The Kier molecular flexibility index (Phi) is 15.0. The Hall–Kier alpha value is -6.38. The molecule has 0 unspecified atom stereocenters. The number of pyridine rings is 1. The number of aliphatic hydroxyl groups excluding tert-OH is 1. The lowest BCUT2D eigenvalue weighted by Crippen LogP contribution is -2.57. The number of likely N-dealkylation sites (tertiary alicyclic amines) is 1. The van der Waals surface area contributed by atoms with Crippen LogP contribution in [0.1, 0.15) is 75.0 Å². The number of hydrogen-bond acceptors (Lipinski definition) is 13. The number of sulfonamides is 1. The van der Waals surface area contributed by atoms with Crippen molar-refractivity contribution in [2.45, 2.75) is 85.0 Å². The highest BCUT2D eigenvalue weighted by Gasteiger charge is 2.44. The molecule has 18 nitrogen and oxygen atoms in total. The van der Waals surface area contributed by atoms with Crippen molar-refractivity contribution in [3.05, 3.63) is 89.2 Å². The molecule has 0 bridgehead atoms. The predicted molar refractivity (Wildman–Crippen MR) is 244 cm³/mol. The van der Waals surface area contributed by atoms with Crippen molar-refractivity contribution in [1.82, 2.24) is 35.7 Å². The van der Waals surface area contributed by atoms with E-state index < -0.39 is 45.4 Å². The number of aromatic amines is 1. The van der Waals surface area contributed by atoms with E-state index in [1.807, 2.05) is 52.0 Å². The third-order valence-corrected chi connectivity index (χ3v) is 12.9. The number of ether oxygens (including phenoxy) is 1. The number of aryl methyl sites for hydroxylation is 1. The van der Waals surface area contributed by atoms with Crippen LogP contribution in [0.25, 0.3) is 21.7 Å². The molecule has 1 aliphatic heterocycles. The number of carbonyl (C=O) groups is 4. The minimum Gasteiger partial charge on any atom is -0.478 e. The second-order valence-corrected chi connectivity index (χ2v) is 19.4. The lowest BCUT2D eigenvalue weighted by Gasteiger charge is -2.35. The van der Waals surface area contributed by atoms with Gasteiger partial charge in [0, 0.05) is 55.1 Å². The van der Waals surface area contributed by atoms with Crippen LogP contribution in [-0.4, -0.2) is 99.3 Å². The molecule has 340 valence electrons. The quantitative estimate of drug-likeness (QED) is 0.0548. The van der Waals surface area contributed by atoms with Gasteiger partial charge < -0.3 is 36.4 Å². The minimum absolute atomic E-state index is 0.0252. The number of β-amino-alcohol motifs (C(OH)–C–C–N with tert-alkyl or cyclic N) is 1. The van der Waals surface area contributed by atoms with Gasteiger partial charge in [0.25, 0.3) is 5.91 Å². The molecule has 2 aromatic carbocycles. The molecular weight excluding hydrogens is 861 g/mol. The fourth-order valence-corrected chi connectivity index (χ4v) is 8.57. The molecule has 1 fully saturated rings. The zero-order valence-corrected chi connectivity index (χ0v) is 37.9. The topological polar surface area (TPSA) is 264 Å². The van der Waals surface area contributed by atoms with Crippen LogP contribution in [0.5, 0.6) is 5.88 Å². The van der Waals surface area contributed by atoms with Crippen LogP contribution < -0.4 is 31.1 Å². The normalized spacial score (nSPS) is 15.6. The maximum absolute atomic E-state index is 14.0. The molecule has 0 saturated carbocycles. The molecule has 64 heavy (non-hydrogen) atoms. The van der Waals surface area contributed by atoms with Crippen LogP contribution in [0, 0.1) is 12.3 Å². The van der Waals surface area contributed by atoms with E-state index in [0.717, 1.165) is 21.7 Å². The van der Waals surface area contributed by atoms with E-state index in [0.29, 0.717) is 29.8 Å². The molecule has 1 saturated heterocycles. The number of aromatic nitrogens is 4. The van der Waals surface area contributed by atoms with Crippen LogP contribution in [0.15, 0.2) is 72.4 Å². The van der Waals surface area contributed by atoms with Crippen molar-refractivity contribution in [1.29, 1.82) is 0 Å². The molecule has 0 aliphatic carbocycles. The summed E-state index contributed by atoms with van der Waals surface area (Å²) in [5.74, 6) is -1.46. The summed E-state index contributed by atoms with van der Waals surface area (Å²) in [5, 5.41) is 26.6. The van der Waals surface area contributed by atoms with Gasteiger partial charge in [-0.3, -0.25) is 29.0 Å². The van der Waals surface area contributed by atoms with Gasteiger partial charge in [0.2, 0.25) is 33.6 Å². The molecule has 0 radical (unpaired) electrons. The standard InChI is InChI=1S/C44H54N10O8S2/c1-6-64(60,61)53-30-16-14-28(15-17-30)37-36(40(45)57)41(52-51-37)49-31-18-19-46-35(21-31)62-20-8-7-9-34(56)50-39(44(3,4)5)43(59)54-24-32(55)22-33(54)42(58)47-23-27-10-12-29(13-11-27)38-26(2)48-25-63-38/h10-19,21,25,32-33,39,53,55H,6-9,20,22-24H2,1-5H3,(H2,45,57)(H,47,58)(H,50,56)(H2,46,49,51,52)/t32-,33+,39-/m1/s1. The highest BCUT2D eigenvalue weighted by Crippen LogP contribution is 2.31. The fraction of sp³-hybridized carbons (Fsp3) is 0.386. The maximum atomic E-state index is 14.0. The van der Waals surface area contributed by atoms with Crippen molar-refractivity contribution in [3.63, 3.8) is 0 Å². The van der Waals surface area contributed by atoms with Crippen molar-refractivity contribution < 1.29 is 37.4 Å². The van der Waals surface area contributed by atoms with Gasteiger partial charge in [-0.15, -0.1) is 11.3 Å². The average Bonchev–Trinajstić information content (AvgIpc) is 4.00. The monoisotopic (exact) mass is 914 g/mol. The number of anilines is 3. The summed E-state index contributed by atoms with van der Waals surface area (Å²) in [5.41, 5.74) is 11.5. The van der Waals surface area contributed by atoms with Crippen molar-refractivity contribution >= 4 is 62.2 Å². The van der Waals surface area contributed by atoms with Gasteiger partial charge in [-0.05, 0) is 61.4 Å². The van der Waals surface area contributed by atoms with E-state index in [2.05, 4.69) is 40.8 Å². The van der Waals surface area contributed by atoms with Crippen LogP contribution in [0.4, 0.5) is 17.2 Å². The Morgan fingerprint density at radius 3 is 2.39 bits per heavy atom. The molecule has 5 aromatic rings. The van der Waals surface area contributed by atoms with Crippen LogP contribution >= 0.6 is 11.3 Å². The number of thiazole rings is 1. The van der Waals surface area contributed by atoms with Gasteiger partial charge in [0.05, 0.1) is 34.5 Å². The van der Waals surface area contributed by atoms with Gasteiger partial charge in [-0.2, -0.15) is 5.10 Å². The fourth-order valence-electron chi connectivity index (χ4n) is 7.12. The zero-order chi connectivity index (χ0) is 46.2. The second-order valence-electron chi connectivity index (χ2n) is 16.5. The van der Waals surface area contributed by atoms with E-state index in [4.69, 9.17) is 10.5 Å². The molecule has 0 spiro atoms. The van der Waals surface area contributed by atoms with Crippen molar-refractivity contribution in [2.24, 2.45) is 11.1 Å². The highest BCUT2D eigenvalue weighted by atomic mass is 32.2. The molecule has 4 heterocycles. The number of H-pyrrole nitrogens is 1. The number of unbranched alkanes of at least 4 members (excludes halogenated alkanes) is 1. The van der Waals surface area contributed by atoms with Crippen LogP contribution in [-0.2, 0) is 31.0 Å². The molecule has 3 aromatic heterocycles. The first-order chi connectivity index (χ1) is 30.4. The van der Waals surface area contributed by atoms with E-state index in [1.54, 1.807) is 53.2 Å². The Balaban J connectivity index is 0.980. The lowest BCUT2D eigenvalue weighted by atomic mass is 9.85. The largest absolute Gasteiger partial charge is 0.478 e. The number of benzene rings is 2. The van der Waals surface area contributed by atoms with E-state index in [1.165, 1.54) is 18.0 Å². The average molecular weight is 915 g/mol. The molecule has 6 rings (SSSR count). The molecule has 1 aliphatic rings. The molecular formula is C44H54N10O8S2. The first kappa shape index (κ1) is 47.1. The van der Waals surface area contributed by atoms with E-state index in [9.17, 15) is 32.7 Å². The molecule has 4 amide bonds. The number of nitrogens with one attached hydrogen (secondary N) is 5. The number of primary amides is 1. The second kappa shape index (κ2) is 20.4. The van der Waals surface area contributed by atoms with Gasteiger partial charge >= 0.3 is 0 Å². The molecule has 8 N–H and O–H groups in total. The van der Waals surface area contributed by atoms with Gasteiger partial charge in [0.1, 0.15) is 29.2 Å². The Morgan fingerprint density at radius 2 is 1.73 bits per heavy atom. The van der Waals surface area contributed by atoms with Gasteiger partial charge in [-0.1, -0.05) is 57.2 Å². The molecule has 3 atom stereocenters. The summed E-state index contributed by atoms with van der Waals surface area (Å²) in [6.07, 6.45) is 1.76. The van der Waals surface area contributed by atoms with Gasteiger partial charge in [-0.25, -0.2) is 18.4 Å². The first-order valence-corrected chi connectivity index (χ1v) is 23.4. The first-order valence-electron chi connectivity index (χ1n) is 20.8. The molecule has 20 heteroatoms. The van der Waals surface area contributed by atoms with E-state index in [-0.39, 0.29) is 73.1 Å². The Bertz CT molecular complexity index is 2560. The number of nitrogens with two attached hydrogens (primary N) is 1. The highest BCUT2D eigenvalue weighted by molar-refractivity contribution is 7.92. The summed E-state index contributed by atoms with van der Waals surface area (Å²) in [4.78, 5) is 64.3. The number of aliphatic hydroxyl groups is 1. The Morgan fingerprint density at radius 1 is 1.02 bits per heavy atom. The van der Waals surface area contributed by atoms with Gasteiger partial charge in [0.15, 0.2) is 0 Å². The van der Waals surface area contributed by atoms with Crippen LogP contribution in [0.2, 0.25) is 0 Å². The maximum Gasteiger partial charge on any atom is 0.254 e. The zero-order valence-electron chi connectivity index (χ0n) is 36.3. The third-order valence-electron chi connectivity index (χ3n) is 10.6. The third kappa shape index (κ3) is 12.0. The summed E-state index contributed by atoms with van der Waals surface area (Å²) in [7, 11) is -3.46. The number of amides is 4. The number of rotatable bonds is 19. The predicted octanol–water partition coefficient (Wildman–Crippen LogP) is 4.87. The summed E-state index contributed by atoms with van der Waals surface area (Å²) in [6, 6.07) is 15.6. The lowest BCUT2D eigenvalue weighted by molar-refractivity contribution is -0.144. The van der Waals surface area contributed by atoms with E-state index >= 15 is 0 Å². The number of carbonyl (C=O) groups excluding carboxylic acids is 4.